The molecule has 0 bridgehead atoms. The highest BCUT2D eigenvalue weighted by Gasteiger charge is 2.28. The number of aliphatic hydroxyl groups excluding tert-OH is 3. The number of aliphatic hydroxyl groups is 3. The van der Waals surface area contributed by atoms with E-state index < -0.39 is 53.6 Å². The van der Waals surface area contributed by atoms with Crippen molar-refractivity contribution in [1.29, 1.82) is 0 Å². The Labute approximate surface area is 302 Å². The molecule has 3 atom stereocenters. The predicted molar refractivity (Wildman–Crippen MR) is 184 cm³/mol. The van der Waals surface area contributed by atoms with Gasteiger partial charge < -0.3 is 36.8 Å². The molecule has 19 nitrogen and oxygen atoms in total. The fourth-order valence-electron chi connectivity index (χ4n) is 4.49. The molecule has 0 saturated heterocycles. The van der Waals surface area contributed by atoms with Gasteiger partial charge in [-0.15, -0.1) is 0 Å². The smallest absolute Gasteiger partial charge is 0.326 e. The summed E-state index contributed by atoms with van der Waals surface area (Å²) < 4.78 is 0. The Morgan fingerprint density at radius 1 is 0.577 bits per heavy atom. The van der Waals surface area contributed by atoms with Crippen LogP contribution in [0.4, 0.5) is 0 Å². The van der Waals surface area contributed by atoms with Crippen LogP contribution in [0.2, 0.25) is 0 Å². The van der Waals surface area contributed by atoms with E-state index in [1.165, 1.54) is 0 Å². The number of nitrogens with two attached hydrogens (primary N) is 1. The van der Waals surface area contributed by atoms with Crippen molar-refractivity contribution in [2.24, 2.45) is 5.73 Å². The summed E-state index contributed by atoms with van der Waals surface area (Å²) in [5.41, 5.74) is 7.56. The molecule has 0 saturated carbocycles. The third-order valence-corrected chi connectivity index (χ3v) is 7.59. The molecule has 0 aliphatic carbocycles. The molecule has 0 aliphatic heterocycles. The first-order chi connectivity index (χ1) is 24.5. The van der Waals surface area contributed by atoms with Gasteiger partial charge in [0.1, 0.15) is 12.1 Å². The number of carbonyl (C=O) groups excluding carboxylic acids is 5. The Bertz CT molecular complexity index is 1270. The van der Waals surface area contributed by atoms with E-state index in [0.29, 0.717) is 31.9 Å². The van der Waals surface area contributed by atoms with Crippen molar-refractivity contribution in [3.63, 3.8) is 0 Å². The van der Waals surface area contributed by atoms with Gasteiger partial charge in [0.2, 0.25) is 11.8 Å². The number of carboxylic acid groups (broad SMARTS) is 1. The summed E-state index contributed by atoms with van der Waals surface area (Å²) in [6, 6.07) is -4.12. The molecule has 0 rings (SSSR count). The number of carbonyl (C=O) groups is 6. The number of carboxylic acids is 1. The summed E-state index contributed by atoms with van der Waals surface area (Å²) >= 11 is 0. The van der Waals surface area contributed by atoms with E-state index in [1.807, 2.05) is 0 Å². The van der Waals surface area contributed by atoms with Crippen molar-refractivity contribution < 1.29 is 64.8 Å². The van der Waals surface area contributed by atoms with Crippen molar-refractivity contribution in [1.82, 2.24) is 25.8 Å². The van der Waals surface area contributed by atoms with E-state index >= 15 is 0 Å². The molecule has 52 heavy (non-hydrogen) atoms. The topological polar surface area (TPSA) is 304 Å². The maximum absolute atomic E-state index is 13.3. The average molecular weight is 745 g/mol. The average Bonchev–Trinajstić information content (AvgIpc) is 3.06. The highest BCUT2D eigenvalue weighted by Crippen LogP contribution is 2.08. The number of aliphatic carboxylic acids is 1. The highest BCUT2D eigenvalue weighted by atomic mass is 16.5. The minimum Gasteiger partial charge on any atom is -0.480 e. The summed E-state index contributed by atoms with van der Waals surface area (Å²) in [6.45, 7) is 3.46. The van der Waals surface area contributed by atoms with Crippen LogP contribution in [0.3, 0.4) is 0 Å². The zero-order chi connectivity index (χ0) is 39.8. The van der Waals surface area contributed by atoms with Gasteiger partial charge in [0.15, 0.2) is 0 Å². The first-order valence-electron chi connectivity index (χ1n) is 16.9. The van der Waals surface area contributed by atoms with E-state index in [-0.39, 0.29) is 97.2 Å². The maximum atomic E-state index is 13.3. The summed E-state index contributed by atoms with van der Waals surface area (Å²) in [5, 5.41) is 72.8. The van der Waals surface area contributed by atoms with Crippen LogP contribution in [0.5, 0.6) is 0 Å². The second-order valence-corrected chi connectivity index (χ2v) is 12.3. The van der Waals surface area contributed by atoms with Crippen LogP contribution < -0.4 is 16.4 Å². The molecule has 0 heterocycles. The summed E-state index contributed by atoms with van der Waals surface area (Å²) in [5.74, 6) is -5.48. The number of hydrogen-bond donors (Lipinski definition) is 10. The van der Waals surface area contributed by atoms with Crippen molar-refractivity contribution in [2.75, 3.05) is 39.5 Å². The Hall–Kier alpha value is -4.24. The molecular weight excluding hydrogens is 688 g/mol. The second-order valence-electron chi connectivity index (χ2n) is 12.3. The molecule has 19 heteroatoms. The summed E-state index contributed by atoms with van der Waals surface area (Å²) in [7, 11) is 0. The SMILES string of the molecule is CC(=CC(=O)N(O)CCCC(N)C(=O)NC(CCCN(O)C(=O)C=C(C)CCO)C(=O)NC(CCCN(O)C(=O)C=C(C)CCO)C(=O)O)CCO. The minimum absolute atomic E-state index is 0.0366. The third kappa shape index (κ3) is 20.6. The number of nitrogens with one attached hydrogen (secondary N) is 2. The number of nitrogens with zero attached hydrogens (tertiary/aromatic N) is 3. The number of amides is 5. The first kappa shape index (κ1) is 47.8. The lowest BCUT2D eigenvalue weighted by molar-refractivity contribution is -0.160. The molecule has 0 spiro atoms. The van der Waals surface area contributed by atoms with Crippen LogP contribution in [0.25, 0.3) is 0 Å². The summed E-state index contributed by atoms with van der Waals surface area (Å²) in [6.07, 6.45) is 3.60. The molecule has 0 aromatic heterocycles. The van der Waals surface area contributed by atoms with Crippen LogP contribution in [0.15, 0.2) is 34.9 Å². The fourth-order valence-corrected chi connectivity index (χ4v) is 4.49. The molecule has 0 fully saturated rings. The number of hydrogen-bond acceptors (Lipinski definition) is 13. The normalized spacial score (nSPS) is 13.8. The molecule has 5 amide bonds. The van der Waals surface area contributed by atoms with E-state index in [9.17, 15) is 49.5 Å². The van der Waals surface area contributed by atoms with Gasteiger partial charge >= 0.3 is 5.97 Å². The fraction of sp³-hybridized carbons (Fsp3) is 0.636. The van der Waals surface area contributed by atoms with Gasteiger partial charge in [-0.2, -0.15) is 0 Å². The van der Waals surface area contributed by atoms with E-state index in [4.69, 9.17) is 21.1 Å². The van der Waals surface area contributed by atoms with E-state index in [1.54, 1.807) is 20.8 Å². The Morgan fingerprint density at radius 3 is 1.25 bits per heavy atom. The van der Waals surface area contributed by atoms with Crippen LogP contribution in [0.1, 0.15) is 78.6 Å². The van der Waals surface area contributed by atoms with Gasteiger partial charge in [-0.05, 0) is 78.6 Å². The quantitative estimate of drug-likeness (QED) is 0.0299. The Kier molecular flexibility index (Phi) is 24.4. The lowest BCUT2D eigenvalue weighted by atomic mass is 10.1. The first-order valence-corrected chi connectivity index (χ1v) is 16.9. The molecule has 0 aliphatic rings. The molecule has 0 radical (unpaired) electrons. The highest BCUT2D eigenvalue weighted by molar-refractivity contribution is 5.92. The molecule has 3 unspecified atom stereocenters. The van der Waals surface area contributed by atoms with Gasteiger partial charge in [0, 0.05) is 57.7 Å². The van der Waals surface area contributed by atoms with Crippen molar-refractivity contribution in [3.8, 4) is 0 Å². The zero-order valence-electron chi connectivity index (χ0n) is 30.1. The largest absolute Gasteiger partial charge is 0.480 e. The molecule has 0 aromatic carbocycles. The van der Waals surface area contributed by atoms with Crippen molar-refractivity contribution in [2.45, 2.75) is 96.7 Å². The van der Waals surface area contributed by atoms with Gasteiger partial charge in [0.05, 0.1) is 6.04 Å². The van der Waals surface area contributed by atoms with Gasteiger partial charge in [0.25, 0.3) is 17.7 Å². The molecule has 11 N–H and O–H groups in total. The van der Waals surface area contributed by atoms with Crippen molar-refractivity contribution >= 4 is 35.5 Å². The van der Waals surface area contributed by atoms with Crippen molar-refractivity contribution in [3.05, 3.63) is 34.9 Å². The third-order valence-electron chi connectivity index (χ3n) is 7.59. The van der Waals surface area contributed by atoms with Crippen LogP contribution in [-0.4, -0.2) is 144 Å². The predicted octanol–water partition coefficient (Wildman–Crippen LogP) is -0.652. The van der Waals surface area contributed by atoms with Gasteiger partial charge in [-0.3, -0.25) is 39.6 Å². The van der Waals surface area contributed by atoms with E-state index in [2.05, 4.69) is 10.6 Å². The van der Waals surface area contributed by atoms with Crippen LogP contribution >= 0.6 is 0 Å². The lowest BCUT2D eigenvalue weighted by Gasteiger charge is -2.24. The standard InChI is InChI=1S/C33H56N6O13/c1-22(10-16-40)19-28(43)37(50)13-4-7-25(34)31(46)35-26(8-5-14-38(51)29(44)20-23(2)11-17-41)32(47)36-27(33(48)49)9-6-15-39(52)30(45)21-24(3)12-18-42/h19-21,25-27,40-42,50-52H,4-18,34H2,1-3H3,(H,35,46)(H,36,47)(H,48,49). The van der Waals surface area contributed by atoms with Crippen LogP contribution in [0, 0.1) is 0 Å². The Balaban J connectivity index is 5.60. The maximum Gasteiger partial charge on any atom is 0.326 e. The number of rotatable bonds is 26. The Morgan fingerprint density at radius 2 is 0.904 bits per heavy atom. The molecule has 0 aromatic rings. The zero-order valence-corrected chi connectivity index (χ0v) is 30.1. The lowest BCUT2D eigenvalue weighted by Crippen LogP contribution is -2.54. The van der Waals surface area contributed by atoms with Crippen LogP contribution in [-0.2, 0) is 28.8 Å². The monoisotopic (exact) mass is 744 g/mol. The van der Waals surface area contributed by atoms with Gasteiger partial charge in [-0.1, -0.05) is 16.7 Å². The molecule has 296 valence electrons. The second kappa shape index (κ2) is 26.5. The summed E-state index contributed by atoms with van der Waals surface area (Å²) in [4.78, 5) is 74.7. The van der Waals surface area contributed by atoms with Gasteiger partial charge in [-0.25, -0.2) is 20.0 Å². The van der Waals surface area contributed by atoms with E-state index in [0.717, 1.165) is 18.2 Å². The number of hydroxylamine groups is 6. The molecular formula is C33H56N6O13. The minimum atomic E-state index is -1.51.